The van der Waals surface area contributed by atoms with E-state index >= 15 is 0 Å². The zero-order valence-corrected chi connectivity index (χ0v) is 11.3. The van der Waals surface area contributed by atoms with Crippen molar-refractivity contribution in [2.24, 2.45) is 0 Å². The normalized spacial score (nSPS) is 10.3. The van der Waals surface area contributed by atoms with E-state index in [4.69, 9.17) is 15.2 Å². The zero-order chi connectivity index (χ0) is 13.8. The highest BCUT2D eigenvalue weighted by Gasteiger charge is 2.07. The van der Waals surface area contributed by atoms with Crippen molar-refractivity contribution < 1.29 is 9.47 Å². The fourth-order valence-electron chi connectivity index (χ4n) is 1.55. The lowest BCUT2D eigenvalue weighted by Crippen LogP contribution is -2.02. The summed E-state index contributed by atoms with van der Waals surface area (Å²) in [4.78, 5) is 8.34. The maximum Gasteiger partial charge on any atom is 0.324 e. The van der Waals surface area contributed by atoms with Crippen LogP contribution in [-0.2, 0) is 0 Å². The van der Waals surface area contributed by atoms with Crippen LogP contribution in [0.25, 0.3) is 0 Å². The molecule has 0 aliphatic carbocycles. The van der Waals surface area contributed by atoms with Crippen LogP contribution < -0.4 is 15.2 Å². The maximum absolute atomic E-state index is 5.79. The van der Waals surface area contributed by atoms with Crippen molar-refractivity contribution in [2.45, 2.75) is 20.8 Å². The summed E-state index contributed by atoms with van der Waals surface area (Å²) in [5, 5.41) is 0. The van der Waals surface area contributed by atoms with Gasteiger partial charge in [0.1, 0.15) is 17.3 Å². The van der Waals surface area contributed by atoms with Gasteiger partial charge in [0.2, 0.25) is 0 Å². The van der Waals surface area contributed by atoms with E-state index in [1.54, 1.807) is 12.1 Å². The fourth-order valence-corrected chi connectivity index (χ4v) is 1.55. The Morgan fingerprint density at radius 2 is 1.68 bits per heavy atom. The molecule has 0 unspecified atom stereocenters. The second-order valence-corrected chi connectivity index (χ2v) is 4.11. The molecule has 0 aliphatic heterocycles. The third-order valence-electron chi connectivity index (χ3n) is 2.75. The Hall–Kier alpha value is -2.30. The first-order valence-corrected chi connectivity index (χ1v) is 6.11. The Kier molecular flexibility index (Phi) is 3.85. The van der Waals surface area contributed by atoms with E-state index in [0.717, 1.165) is 17.0 Å². The molecule has 100 valence electrons. The molecule has 2 aromatic rings. The molecule has 0 bridgehead atoms. The highest BCUT2D eigenvalue weighted by atomic mass is 16.5. The predicted molar refractivity (Wildman–Crippen MR) is 73.6 cm³/mol. The van der Waals surface area contributed by atoms with Gasteiger partial charge in [-0.2, -0.15) is 9.97 Å². The van der Waals surface area contributed by atoms with Crippen molar-refractivity contribution >= 4 is 5.82 Å². The molecule has 0 spiro atoms. The van der Waals surface area contributed by atoms with Crippen LogP contribution in [0.15, 0.2) is 24.3 Å². The second-order valence-electron chi connectivity index (χ2n) is 4.11. The number of rotatable bonds is 4. The molecule has 0 fully saturated rings. The van der Waals surface area contributed by atoms with Gasteiger partial charge in [-0.05, 0) is 45.0 Å². The monoisotopic (exact) mass is 259 g/mol. The molecule has 0 aliphatic rings. The average Bonchev–Trinajstić information content (AvgIpc) is 2.38. The average molecular weight is 259 g/mol. The molecular weight excluding hydrogens is 242 g/mol. The van der Waals surface area contributed by atoms with Crippen molar-refractivity contribution in [2.75, 3.05) is 12.3 Å². The first kappa shape index (κ1) is 13.1. The van der Waals surface area contributed by atoms with Gasteiger partial charge in [-0.1, -0.05) is 0 Å². The first-order valence-electron chi connectivity index (χ1n) is 6.11. The molecular formula is C14H17N3O2. The van der Waals surface area contributed by atoms with Crippen LogP contribution in [0.2, 0.25) is 0 Å². The number of hydrogen-bond acceptors (Lipinski definition) is 5. The number of hydrogen-bond donors (Lipinski definition) is 1. The van der Waals surface area contributed by atoms with Gasteiger partial charge >= 0.3 is 6.01 Å². The Bertz CT molecular complexity index is 544. The molecule has 0 saturated heterocycles. The number of benzene rings is 1. The summed E-state index contributed by atoms with van der Waals surface area (Å²) in [6, 6.07) is 7.54. The Balaban J connectivity index is 2.17. The Morgan fingerprint density at radius 3 is 2.26 bits per heavy atom. The molecule has 1 aromatic heterocycles. The van der Waals surface area contributed by atoms with Gasteiger partial charge in [-0.3, -0.25) is 0 Å². The SMILES string of the molecule is CCOc1ccc(Oc2nc(C)c(C)c(N)n2)cc1. The highest BCUT2D eigenvalue weighted by molar-refractivity contribution is 5.42. The third-order valence-corrected chi connectivity index (χ3v) is 2.75. The largest absolute Gasteiger partial charge is 0.494 e. The Labute approximate surface area is 112 Å². The first-order chi connectivity index (χ1) is 9.10. The van der Waals surface area contributed by atoms with Gasteiger partial charge in [0.15, 0.2) is 0 Å². The number of aromatic nitrogens is 2. The topological polar surface area (TPSA) is 70.3 Å². The van der Waals surface area contributed by atoms with E-state index in [9.17, 15) is 0 Å². The molecule has 2 N–H and O–H groups in total. The van der Waals surface area contributed by atoms with Crippen molar-refractivity contribution in [3.63, 3.8) is 0 Å². The molecule has 1 heterocycles. The third kappa shape index (κ3) is 3.13. The van der Waals surface area contributed by atoms with E-state index in [1.807, 2.05) is 32.9 Å². The van der Waals surface area contributed by atoms with E-state index in [0.29, 0.717) is 18.2 Å². The van der Waals surface area contributed by atoms with Crippen LogP contribution in [0, 0.1) is 13.8 Å². The van der Waals surface area contributed by atoms with E-state index < -0.39 is 0 Å². The molecule has 5 heteroatoms. The molecule has 0 saturated carbocycles. The number of nitrogens with zero attached hydrogens (tertiary/aromatic N) is 2. The van der Waals surface area contributed by atoms with Gasteiger partial charge in [0.05, 0.1) is 6.61 Å². The van der Waals surface area contributed by atoms with Gasteiger partial charge in [-0.15, -0.1) is 0 Å². The molecule has 2 rings (SSSR count). The fraction of sp³-hybridized carbons (Fsp3) is 0.286. The maximum atomic E-state index is 5.79. The lowest BCUT2D eigenvalue weighted by molar-refractivity contribution is 0.339. The van der Waals surface area contributed by atoms with E-state index in [-0.39, 0.29) is 6.01 Å². The van der Waals surface area contributed by atoms with Crippen LogP contribution in [0.4, 0.5) is 5.82 Å². The summed E-state index contributed by atoms with van der Waals surface area (Å²) < 4.78 is 10.9. The van der Waals surface area contributed by atoms with Gasteiger partial charge in [0, 0.05) is 11.3 Å². The van der Waals surface area contributed by atoms with Crippen LogP contribution in [0.3, 0.4) is 0 Å². The highest BCUT2D eigenvalue weighted by Crippen LogP contribution is 2.23. The second kappa shape index (κ2) is 5.56. The van der Waals surface area contributed by atoms with Crippen LogP contribution in [0.1, 0.15) is 18.2 Å². The summed E-state index contributed by atoms with van der Waals surface area (Å²) >= 11 is 0. The van der Waals surface area contributed by atoms with Gasteiger partial charge in [-0.25, -0.2) is 0 Å². The van der Waals surface area contributed by atoms with Crippen molar-refractivity contribution in [1.82, 2.24) is 9.97 Å². The number of aryl methyl sites for hydroxylation is 1. The predicted octanol–water partition coefficient (Wildman–Crippen LogP) is 2.87. The molecule has 0 atom stereocenters. The summed E-state index contributed by atoms with van der Waals surface area (Å²) in [5.74, 6) is 1.88. The van der Waals surface area contributed by atoms with Crippen LogP contribution >= 0.6 is 0 Å². The number of nitrogen functional groups attached to an aromatic ring is 1. The minimum Gasteiger partial charge on any atom is -0.494 e. The number of anilines is 1. The number of nitrogens with two attached hydrogens (primary N) is 1. The summed E-state index contributed by atoms with van der Waals surface area (Å²) in [6.45, 7) is 6.33. The molecule has 19 heavy (non-hydrogen) atoms. The summed E-state index contributed by atoms with van der Waals surface area (Å²) in [7, 11) is 0. The zero-order valence-electron chi connectivity index (χ0n) is 11.3. The van der Waals surface area contributed by atoms with Crippen LogP contribution in [-0.4, -0.2) is 16.6 Å². The van der Waals surface area contributed by atoms with Crippen LogP contribution in [0.5, 0.6) is 17.5 Å². The summed E-state index contributed by atoms with van der Waals surface area (Å²) in [5.41, 5.74) is 7.48. The van der Waals surface area contributed by atoms with Gasteiger partial charge < -0.3 is 15.2 Å². The van der Waals surface area contributed by atoms with Crippen molar-refractivity contribution in [3.8, 4) is 17.5 Å². The van der Waals surface area contributed by atoms with Gasteiger partial charge in [0.25, 0.3) is 0 Å². The van der Waals surface area contributed by atoms with Crippen molar-refractivity contribution in [1.29, 1.82) is 0 Å². The summed E-state index contributed by atoms with van der Waals surface area (Å²) in [6.07, 6.45) is 0. The molecule has 0 radical (unpaired) electrons. The van der Waals surface area contributed by atoms with E-state index in [1.165, 1.54) is 0 Å². The number of ether oxygens (including phenoxy) is 2. The molecule has 5 nitrogen and oxygen atoms in total. The quantitative estimate of drug-likeness (QED) is 0.914. The van der Waals surface area contributed by atoms with Crippen molar-refractivity contribution in [3.05, 3.63) is 35.5 Å². The minimum absolute atomic E-state index is 0.254. The smallest absolute Gasteiger partial charge is 0.324 e. The lowest BCUT2D eigenvalue weighted by Gasteiger charge is -2.08. The lowest BCUT2D eigenvalue weighted by atomic mass is 10.2. The standard InChI is InChI=1S/C14H17N3O2/c1-4-18-11-5-7-12(8-6-11)19-14-16-10(3)9(2)13(15)17-14/h5-8H,4H2,1-3H3,(H2,15,16,17). The Morgan fingerprint density at radius 1 is 1.05 bits per heavy atom. The van der Waals surface area contributed by atoms with E-state index in [2.05, 4.69) is 9.97 Å². The molecule has 1 aromatic carbocycles. The molecule has 0 amide bonds. The minimum atomic E-state index is 0.254.